The van der Waals surface area contributed by atoms with Gasteiger partial charge in [-0.2, -0.15) is 0 Å². The minimum atomic E-state index is -0.452. The number of carbonyl (C=O) groups excluding carboxylic acids is 1. The lowest BCUT2D eigenvalue weighted by Gasteiger charge is -2.20. The van der Waals surface area contributed by atoms with Crippen LogP contribution in [-0.2, 0) is 17.8 Å². The largest absolute Gasteiger partial charge is 0.390 e. The topological polar surface area (TPSA) is 43.8 Å². The molecule has 1 fully saturated rings. The zero-order valence-corrected chi connectivity index (χ0v) is 14.0. The fraction of sp³-hybridized carbons (Fsp3) is 0.688. The molecule has 1 atom stereocenters. The van der Waals surface area contributed by atoms with E-state index in [-0.39, 0.29) is 5.91 Å². The molecule has 1 amide bonds. The molecule has 0 aliphatic carbocycles. The van der Waals surface area contributed by atoms with Gasteiger partial charge in [-0.3, -0.25) is 9.69 Å². The van der Waals surface area contributed by atoms with Gasteiger partial charge >= 0.3 is 0 Å². The van der Waals surface area contributed by atoms with Crippen LogP contribution >= 0.6 is 11.3 Å². The van der Waals surface area contributed by atoms with E-state index < -0.39 is 6.10 Å². The summed E-state index contributed by atoms with van der Waals surface area (Å²) in [7, 11) is 0. The monoisotopic (exact) mass is 310 g/mol. The molecule has 0 spiro atoms. The first-order chi connectivity index (χ1) is 9.94. The van der Waals surface area contributed by atoms with E-state index in [2.05, 4.69) is 30.9 Å². The van der Waals surface area contributed by atoms with Crippen LogP contribution in [0.15, 0.2) is 12.1 Å². The summed E-state index contributed by atoms with van der Waals surface area (Å²) in [4.78, 5) is 18.2. The van der Waals surface area contributed by atoms with Crippen molar-refractivity contribution in [3.8, 4) is 0 Å². The van der Waals surface area contributed by atoms with Crippen LogP contribution in [0.1, 0.15) is 30.5 Å². The van der Waals surface area contributed by atoms with Crippen LogP contribution in [-0.4, -0.2) is 53.1 Å². The zero-order valence-electron chi connectivity index (χ0n) is 13.2. The maximum atomic E-state index is 11.5. The summed E-state index contributed by atoms with van der Waals surface area (Å²) in [6.07, 6.45) is 0.678. The molecule has 2 rings (SSSR count). The van der Waals surface area contributed by atoms with Crippen molar-refractivity contribution < 1.29 is 9.90 Å². The highest BCUT2D eigenvalue weighted by atomic mass is 32.1. The summed E-state index contributed by atoms with van der Waals surface area (Å²) in [5, 5.41) is 10.0. The number of amides is 1. The molecule has 1 N–H and O–H groups in total. The summed E-state index contributed by atoms with van der Waals surface area (Å²) in [6, 6.07) is 4.42. The highest BCUT2D eigenvalue weighted by Gasteiger charge is 2.22. The van der Waals surface area contributed by atoms with E-state index in [0.29, 0.717) is 25.6 Å². The molecule has 1 aliphatic heterocycles. The standard InChI is InChI=1S/C16H26N2O2S/c1-12(2)8-15-4-5-16(21-15)11-17-6-7-18(13(3)19)10-14(20)9-17/h4-5,12,14,20H,6-11H2,1-3H3/t14-/m0/s1. The maximum Gasteiger partial charge on any atom is 0.219 e. The van der Waals surface area contributed by atoms with Crippen LogP contribution in [0.5, 0.6) is 0 Å². The van der Waals surface area contributed by atoms with E-state index in [1.165, 1.54) is 9.75 Å². The molecule has 0 bridgehead atoms. The average molecular weight is 310 g/mol. The highest BCUT2D eigenvalue weighted by Crippen LogP contribution is 2.21. The minimum Gasteiger partial charge on any atom is -0.390 e. The van der Waals surface area contributed by atoms with Crippen LogP contribution in [0.2, 0.25) is 0 Å². The third-order valence-corrected chi connectivity index (χ3v) is 4.83. The van der Waals surface area contributed by atoms with Gasteiger partial charge in [0, 0.05) is 49.4 Å². The Balaban J connectivity index is 1.93. The van der Waals surface area contributed by atoms with Gasteiger partial charge < -0.3 is 10.0 Å². The summed E-state index contributed by atoms with van der Waals surface area (Å²) < 4.78 is 0. The van der Waals surface area contributed by atoms with Crippen LogP contribution in [0.3, 0.4) is 0 Å². The average Bonchev–Trinajstić information content (AvgIpc) is 2.70. The zero-order chi connectivity index (χ0) is 15.4. The summed E-state index contributed by atoms with van der Waals surface area (Å²) in [5.41, 5.74) is 0. The second kappa shape index (κ2) is 7.38. The van der Waals surface area contributed by atoms with Crippen molar-refractivity contribution in [2.75, 3.05) is 26.2 Å². The van der Waals surface area contributed by atoms with E-state index in [9.17, 15) is 9.90 Å². The number of carbonyl (C=O) groups is 1. The number of aliphatic hydroxyl groups is 1. The van der Waals surface area contributed by atoms with Gasteiger partial charge in [-0.15, -0.1) is 11.3 Å². The Kier molecular flexibility index (Phi) is 5.79. The van der Waals surface area contributed by atoms with Crippen LogP contribution < -0.4 is 0 Å². The Labute approximate surface area is 131 Å². The van der Waals surface area contributed by atoms with Crippen molar-refractivity contribution in [2.24, 2.45) is 5.92 Å². The van der Waals surface area contributed by atoms with Crippen LogP contribution in [0.25, 0.3) is 0 Å². The number of thiophene rings is 1. The maximum absolute atomic E-state index is 11.5. The number of aliphatic hydroxyl groups excluding tert-OH is 1. The first kappa shape index (κ1) is 16.5. The Morgan fingerprint density at radius 2 is 2.05 bits per heavy atom. The van der Waals surface area contributed by atoms with Crippen molar-refractivity contribution in [1.82, 2.24) is 9.80 Å². The van der Waals surface area contributed by atoms with E-state index >= 15 is 0 Å². The molecular formula is C16H26N2O2S. The van der Waals surface area contributed by atoms with Gasteiger partial charge in [0.15, 0.2) is 0 Å². The molecule has 2 heterocycles. The van der Waals surface area contributed by atoms with E-state index in [1.807, 2.05) is 11.3 Å². The predicted molar refractivity (Wildman–Crippen MR) is 86.4 cm³/mol. The quantitative estimate of drug-likeness (QED) is 0.925. The second-order valence-corrected chi connectivity index (χ2v) is 7.57. The molecule has 21 heavy (non-hydrogen) atoms. The van der Waals surface area contributed by atoms with Gasteiger partial charge in [0.1, 0.15) is 0 Å². The first-order valence-corrected chi connectivity index (χ1v) is 8.49. The smallest absolute Gasteiger partial charge is 0.219 e. The third-order valence-electron chi connectivity index (χ3n) is 3.74. The fourth-order valence-corrected chi connectivity index (χ4v) is 4.00. The Hall–Kier alpha value is -0.910. The third kappa shape index (κ3) is 5.09. The van der Waals surface area contributed by atoms with E-state index in [1.54, 1.807) is 11.8 Å². The lowest BCUT2D eigenvalue weighted by atomic mass is 10.1. The van der Waals surface area contributed by atoms with Gasteiger partial charge in [0.2, 0.25) is 5.91 Å². The fourth-order valence-electron chi connectivity index (χ4n) is 2.72. The molecular weight excluding hydrogens is 284 g/mol. The second-order valence-electron chi connectivity index (χ2n) is 6.32. The molecule has 1 aromatic rings. The SMILES string of the molecule is CC(=O)N1CCN(Cc2ccc(CC(C)C)s2)C[C@H](O)C1. The van der Waals surface area contributed by atoms with Gasteiger partial charge in [-0.05, 0) is 24.5 Å². The van der Waals surface area contributed by atoms with Crippen LogP contribution in [0.4, 0.5) is 0 Å². The summed E-state index contributed by atoms with van der Waals surface area (Å²) in [6.45, 7) is 9.54. The van der Waals surface area contributed by atoms with Gasteiger partial charge in [-0.1, -0.05) is 13.8 Å². The van der Waals surface area contributed by atoms with Crippen molar-refractivity contribution in [1.29, 1.82) is 0 Å². The summed E-state index contributed by atoms with van der Waals surface area (Å²) in [5.74, 6) is 0.729. The Bertz CT molecular complexity index is 473. The van der Waals surface area contributed by atoms with E-state index in [0.717, 1.165) is 19.5 Å². The molecule has 1 aliphatic rings. The van der Waals surface area contributed by atoms with Crippen LogP contribution in [0, 0.1) is 5.92 Å². The van der Waals surface area contributed by atoms with Crippen molar-refractivity contribution in [3.05, 3.63) is 21.9 Å². The van der Waals surface area contributed by atoms with E-state index in [4.69, 9.17) is 0 Å². The Morgan fingerprint density at radius 3 is 2.71 bits per heavy atom. The van der Waals surface area contributed by atoms with Crippen molar-refractivity contribution >= 4 is 17.2 Å². The predicted octanol–water partition coefficient (Wildman–Crippen LogP) is 1.97. The molecule has 4 nitrogen and oxygen atoms in total. The molecule has 0 radical (unpaired) electrons. The van der Waals surface area contributed by atoms with Gasteiger partial charge in [0.05, 0.1) is 6.10 Å². The molecule has 5 heteroatoms. The molecule has 0 saturated carbocycles. The molecule has 0 aromatic carbocycles. The van der Waals surface area contributed by atoms with Crippen molar-refractivity contribution in [2.45, 2.75) is 39.8 Å². The highest BCUT2D eigenvalue weighted by molar-refractivity contribution is 7.11. The number of nitrogens with zero attached hydrogens (tertiary/aromatic N) is 2. The normalized spacial score (nSPS) is 20.8. The molecule has 0 unspecified atom stereocenters. The lowest BCUT2D eigenvalue weighted by Crippen LogP contribution is -2.36. The summed E-state index contributed by atoms with van der Waals surface area (Å²) >= 11 is 1.87. The molecule has 118 valence electrons. The van der Waals surface area contributed by atoms with Crippen molar-refractivity contribution in [3.63, 3.8) is 0 Å². The van der Waals surface area contributed by atoms with Gasteiger partial charge in [0.25, 0.3) is 0 Å². The number of rotatable bonds is 4. The Morgan fingerprint density at radius 1 is 1.33 bits per heavy atom. The first-order valence-electron chi connectivity index (χ1n) is 7.67. The molecule has 1 saturated heterocycles. The number of hydrogen-bond donors (Lipinski definition) is 1. The number of hydrogen-bond acceptors (Lipinski definition) is 4. The number of β-amino-alcohol motifs (C(OH)–C–C–N with tert-alkyl or cyclic N) is 1. The minimum absolute atomic E-state index is 0.0474. The lowest BCUT2D eigenvalue weighted by molar-refractivity contribution is -0.129. The molecule has 1 aromatic heterocycles. The van der Waals surface area contributed by atoms with Gasteiger partial charge in [-0.25, -0.2) is 0 Å².